The second-order valence-electron chi connectivity index (χ2n) is 5.10. The fourth-order valence-electron chi connectivity index (χ4n) is 2.14. The van der Waals surface area contributed by atoms with Gasteiger partial charge in [0.25, 0.3) is 0 Å². The zero-order valence-corrected chi connectivity index (χ0v) is 11.9. The molecule has 106 valence electrons. The quantitative estimate of drug-likeness (QED) is 0.805. The van der Waals surface area contributed by atoms with E-state index in [0.717, 1.165) is 0 Å². The molecule has 1 N–H and O–H groups in total. The first-order valence-electron chi connectivity index (χ1n) is 6.01. The molecule has 1 unspecified atom stereocenters. The number of aliphatic hydroxyl groups is 1. The number of nitrogens with zero attached hydrogens (tertiary/aromatic N) is 1. The van der Waals surface area contributed by atoms with Gasteiger partial charge in [-0.3, -0.25) is 4.90 Å². The van der Waals surface area contributed by atoms with E-state index in [2.05, 4.69) is 0 Å². The SMILES string of the molecule is CCOC(=O)N(C1CCS(=O)(=O)C1)C(C)(C)CO. The Balaban J connectivity index is 2.95. The van der Waals surface area contributed by atoms with Crippen LogP contribution in [-0.4, -0.2) is 60.8 Å². The summed E-state index contributed by atoms with van der Waals surface area (Å²) in [6.07, 6.45) is -0.177. The smallest absolute Gasteiger partial charge is 0.410 e. The van der Waals surface area contributed by atoms with Crippen LogP contribution >= 0.6 is 0 Å². The zero-order chi connectivity index (χ0) is 14.0. The largest absolute Gasteiger partial charge is 0.450 e. The van der Waals surface area contributed by atoms with E-state index in [9.17, 15) is 18.3 Å². The second kappa shape index (κ2) is 5.44. The van der Waals surface area contributed by atoms with E-state index in [1.807, 2.05) is 0 Å². The number of hydrogen-bond acceptors (Lipinski definition) is 5. The van der Waals surface area contributed by atoms with Gasteiger partial charge in [-0.1, -0.05) is 0 Å². The molecule has 0 aromatic rings. The number of carbonyl (C=O) groups is 1. The highest BCUT2D eigenvalue weighted by molar-refractivity contribution is 7.91. The van der Waals surface area contributed by atoms with E-state index >= 15 is 0 Å². The molecule has 1 saturated heterocycles. The number of ether oxygens (including phenoxy) is 1. The first-order chi connectivity index (χ1) is 8.23. The van der Waals surface area contributed by atoms with E-state index in [1.54, 1.807) is 20.8 Å². The maximum absolute atomic E-state index is 11.9. The van der Waals surface area contributed by atoms with Crippen molar-refractivity contribution in [3.05, 3.63) is 0 Å². The van der Waals surface area contributed by atoms with Crippen LogP contribution in [0.25, 0.3) is 0 Å². The molecular weight excluding hydrogens is 258 g/mol. The summed E-state index contributed by atoms with van der Waals surface area (Å²) in [5, 5.41) is 9.37. The molecule has 18 heavy (non-hydrogen) atoms. The molecule has 1 amide bonds. The molecule has 1 rings (SSSR count). The molecule has 0 aliphatic carbocycles. The fourth-order valence-corrected chi connectivity index (χ4v) is 3.84. The van der Waals surface area contributed by atoms with Crippen LogP contribution < -0.4 is 0 Å². The van der Waals surface area contributed by atoms with E-state index in [-0.39, 0.29) is 24.7 Å². The monoisotopic (exact) mass is 279 g/mol. The normalized spacial score (nSPS) is 22.8. The van der Waals surface area contributed by atoms with Crippen LogP contribution in [-0.2, 0) is 14.6 Å². The van der Waals surface area contributed by atoms with Gasteiger partial charge >= 0.3 is 6.09 Å². The third-order valence-corrected chi connectivity index (χ3v) is 4.83. The van der Waals surface area contributed by atoms with Gasteiger partial charge in [0, 0.05) is 0 Å². The van der Waals surface area contributed by atoms with Crippen molar-refractivity contribution in [3.8, 4) is 0 Å². The van der Waals surface area contributed by atoms with Gasteiger partial charge in [0.15, 0.2) is 9.84 Å². The predicted octanol–water partition coefficient (Wildman–Crippen LogP) is 0.403. The van der Waals surface area contributed by atoms with Crippen molar-refractivity contribution in [2.45, 2.75) is 38.8 Å². The Morgan fingerprint density at radius 3 is 2.50 bits per heavy atom. The Morgan fingerprint density at radius 1 is 1.50 bits per heavy atom. The van der Waals surface area contributed by atoms with Crippen LogP contribution in [0.4, 0.5) is 4.79 Å². The lowest BCUT2D eigenvalue weighted by Crippen LogP contribution is -2.55. The third kappa shape index (κ3) is 3.35. The minimum Gasteiger partial charge on any atom is -0.450 e. The predicted molar refractivity (Wildman–Crippen MR) is 67.1 cm³/mol. The lowest BCUT2D eigenvalue weighted by atomic mass is 10.0. The minimum absolute atomic E-state index is 0.0603. The van der Waals surface area contributed by atoms with Crippen LogP contribution in [0.15, 0.2) is 0 Å². The van der Waals surface area contributed by atoms with Crippen LogP contribution in [0, 0.1) is 0 Å². The van der Waals surface area contributed by atoms with Gasteiger partial charge < -0.3 is 9.84 Å². The van der Waals surface area contributed by atoms with Gasteiger partial charge in [-0.2, -0.15) is 0 Å². The summed E-state index contributed by atoms with van der Waals surface area (Å²) in [7, 11) is -3.09. The second-order valence-corrected chi connectivity index (χ2v) is 7.33. The lowest BCUT2D eigenvalue weighted by molar-refractivity contribution is 0.0187. The van der Waals surface area contributed by atoms with Gasteiger partial charge in [0.2, 0.25) is 0 Å². The Bertz CT molecular complexity index is 404. The summed E-state index contributed by atoms with van der Waals surface area (Å²) < 4.78 is 28.0. The van der Waals surface area contributed by atoms with E-state index in [1.165, 1.54) is 4.90 Å². The van der Waals surface area contributed by atoms with Crippen LogP contribution in [0.3, 0.4) is 0 Å². The molecule has 0 aromatic heterocycles. The maximum atomic E-state index is 11.9. The molecule has 0 bridgehead atoms. The number of aliphatic hydroxyl groups excluding tert-OH is 1. The van der Waals surface area contributed by atoms with E-state index in [4.69, 9.17) is 4.74 Å². The van der Waals surface area contributed by atoms with Gasteiger partial charge in [0.1, 0.15) is 0 Å². The molecule has 1 aliphatic heterocycles. The van der Waals surface area contributed by atoms with Crippen molar-refractivity contribution in [2.75, 3.05) is 24.7 Å². The van der Waals surface area contributed by atoms with Gasteiger partial charge in [-0.05, 0) is 27.2 Å². The lowest BCUT2D eigenvalue weighted by Gasteiger charge is -2.40. The average molecular weight is 279 g/mol. The van der Waals surface area contributed by atoms with Crippen LogP contribution in [0.5, 0.6) is 0 Å². The Morgan fingerprint density at radius 2 is 2.11 bits per heavy atom. The summed E-state index contributed by atoms with van der Waals surface area (Å²) in [5.74, 6) is 0.0182. The molecule has 1 heterocycles. The highest BCUT2D eigenvalue weighted by Crippen LogP contribution is 2.26. The van der Waals surface area contributed by atoms with Crippen molar-refractivity contribution in [1.29, 1.82) is 0 Å². The molecule has 0 saturated carbocycles. The van der Waals surface area contributed by atoms with Crippen molar-refractivity contribution < 1.29 is 23.1 Å². The summed E-state index contributed by atoms with van der Waals surface area (Å²) >= 11 is 0. The molecule has 1 aliphatic rings. The molecule has 6 nitrogen and oxygen atoms in total. The van der Waals surface area contributed by atoms with Crippen molar-refractivity contribution >= 4 is 15.9 Å². The number of carbonyl (C=O) groups excluding carboxylic acids is 1. The average Bonchev–Trinajstić information content (AvgIpc) is 2.59. The van der Waals surface area contributed by atoms with E-state index < -0.39 is 27.5 Å². The summed E-state index contributed by atoms with van der Waals surface area (Å²) in [6.45, 7) is 5.04. The first kappa shape index (κ1) is 15.2. The third-order valence-electron chi connectivity index (χ3n) is 3.08. The highest BCUT2D eigenvalue weighted by Gasteiger charge is 2.42. The number of rotatable bonds is 4. The fraction of sp³-hybridized carbons (Fsp3) is 0.909. The van der Waals surface area contributed by atoms with Gasteiger partial charge in [-0.25, -0.2) is 13.2 Å². The number of hydrogen-bond donors (Lipinski definition) is 1. The maximum Gasteiger partial charge on any atom is 0.410 e. The standard InChI is InChI=1S/C11H21NO5S/c1-4-17-10(14)12(11(2,3)8-13)9-5-6-18(15,16)7-9/h9,13H,4-8H2,1-3H3. The molecule has 7 heteroatoms. The Kier molecular flexibility index (Phi) is 4.61. The first-order valence-corrected chi connectivity index (χ1v) is 7.83. The zero-order valence-electron chi connectivity index (χ0n) is 11.0. The summed E-state index contributed by atoms with van der Waals surface area (Å²) in [4.78, 5) is 13.3. The summed E-state index contributed by atoms with van der Waals surface area (Å²) in [5.41, 5.74) is -0.837. The van der Waals surface area contributed by atoms with Crippen molar-refractivity contribution in [3.63, 3.8) is 0 Å². The Labute approximate surface area is 108 Å². The molecule has 1 fully saturated rings. The molecule has 0 aromatic carbocycles. The summed E-state index contributed by atoms with van der Waals surface area (Å²) in [6, 6.07) is -0.420. The van der Waals surface area contributed by atoms with Gasteiger partial charge in [-0.15, -0.1) is 0 Å². The molecule has 0 radical (unpaired) electrons. The molecular formula is C11H21NO5S. The van der Waals surface area contributed by atoms with Crippen molar-refractivity contribution in [1.82, 2.24) is 4.90 Å². The van der Waals surface area contributed by atoms with Crippen LogP contribution in [0.1, 0.15) is 27.2 Å². The topological polar surface area (TPSA) is 83.9 Å². The molecule has 0 spiro atoms. The Hall–Kier alpha value is -0.820. The van der Waals surface area contributed by atoms with E-state index in [0.29, 0.717) is 6.42 Å². The van der Waals surface area contributed by atoms with Crippen molar-refractivity contribution in [2.24, 2.45) is 0 Å². The van der Waals surface area contributed by atoms with Gasteiger partial charge in [0.05, 0.1) is 36.3 Å². The number of sulfone groups is 1. The minimum atomic E-state index is -3.09. The number of amides is 1. The molecule has 1 atom stereocenters. The highest BCUT2D eigenvalue weighted by atomic mass is 32.2. The van der Waals surface area contributed by atoms with Crippen LogP contribution in [0.2, 0.25) is 0 Å².